The number of carbonyl (C=O) groups is 2. The summed E-state index contributed by atoms with van der Waals surface area (Å²) in [6.45, 7) is 8.78. The van der Waals surface area contributed by atoms with E-state index in [1.165, 1.54) is 13.1 Å². The fourth-order valence-corrected chi connectivity index (χ4v) is 6.16. The molecule has 1 aromatic carbocycles. The van der Waals surface area contributed by atoms with E-state index in [1.54, 1.807) is 44.2 Å². The lowest BCUT2D eigenvalue weighted by Gasteiger charge is -2.25. The summed E-state index contributed by atoms with van der Waals surface area (Å²) >= 11 is 0. The van der Waals surface area contributed by atoms with Crippen LogP contribution in [0.3, 0.4) is 0 Å². The second-order valence-electron chi connectivity index (χ2n) is 11.6. The molecule has 14 heteroatoms. The van der Waals surface area contributed by atoms with E-state index in [0.29, 0.717) is 5.57 Å². The van der Waals surface area contributed by atoms with Gasteiger partial charge in [0.1, 0.15) is 18.4 Å². The molecule has 0 amide bonds. The van der Waals surface area contributed by atoms with Crippen molar-refractivity contribution < 1.29 is 37.1 Å². The number of nitrogens with zero attached hydrogens (tertiary/aromatic N) is 2. The number of nitrogens with one attached hydrogen (secondary N) is 1. The van der Waals surface area contributed by atoms with E-state index < -0.39 is 54.4 Å². The number of carbonyl (C=O) groups excluding carboxylic acids is 2. The van der Waals surface area contributed by atoms with Crippen LogP contribution in [0.4, 0.5) is 10.2 Å². The van der Waals surface area contributed by atoms with Crippen LogP contribution in [0.25, 0.3) is 6.20 Å². The van der Waals surface area contributed by atoms with Crippen LogP contribution in [-0.4, -0.2) is 47.4 Å². The van der Waals surface area contributed by atoms with Gasteiger partial charge in [-0.1, -0.05) is 58.7 Å². The van der Waals surface area contributed by atoms with Crippen molar-refractivity contribution in [3.05, 3.63) is 58.4 Å². The van der Waals surface area contributed by atoms with E-state index in [4.69, 9.17) is 24.3 Å². The highest BCUT2D eigenvalue weighted by Crippen LogP contribution is 2.56. The van der Waals surface area contributed by atoms with Gasteiger partial charge in [0, 0.05) is 6.20 Å². The van der Waals surface area contributed by atoms with Gasteiger partial charge in [-0.25, -0.2) is 13.8 Å². The standard InChI is InChI=1S/C31H44FN4O8P/c1-6-11-23(12-7-2)18-41-29(38)22(5)35-45(40,44-25-13-9-8-10-14-25)43-20-31(19-42-28(37)21(3)4)15-24(31)16-36-17-26(32)27(33)34-30(36)39/h8-10,13-14,16-17,21-23H,6-7,11-12,15,18-20H2,1-5H3,(H,35,40)(H2,33,34,39)/b24-16-/t22?,31?,45-/m0/s1. The largest absolute Gasteiger partial charge is 0.464 e. The number of esters is 2. The molecule has 3 N–H and O–H groups in total. The van der Waals surface area contributed by atoms with E-state index in [0.717, 1.165) is 36.4 Å². The summed E-state index contributed by atoms with van der Waals surface area (Å²) in [5.41, 5.74) is 4.11. The van der Waals surface area contributed by atoms with Gasteiger partial charge in [0.05, 0.1) is 30.7 Å². The lowest BCUT2D eigenvalue weighted by molar-refractivity contribution is -0.149. The SMILES string of the molecule is CCCC(CCC)COC(=O)C(C)N[P@](=O)(OCC1(COC(=O)C(C)C)C/C1=C/n1cc(F)c(N)nc1=O)Oc1ccccc1. The minimum atomic E-state index is -4.26. The van der Waals surface area contributed by atoms with Crippen LogP contribution in [0.2, 0.25) is 0 Å². The van der Waals surface area contributed by atoms with E-state index >= 15 is 0 Å². The molecule has 1 aromatic heterocycles. The first-order chi connectivity index (χ1) is 21.3. The van der Waals surface area contributed by atoms with Gasteiger partial charge in [0.2, 0.25) is 0 Å². The zero-order valence-electron chi connectivity index (χ0n) is 26.5. The third-order valence-electron chi connectivity index (χ3n) is 7.32. The molecule has 1 aliphatic rings. The second kappa shape index (κ2) is 16.1. The summed E-state index contributed by atoms with van der Waals surface area (Å²) in [6.07, 6.45) is 6.28. The third-order valence-corrected chi connectivity index (χ3v) is 8.94. The highest BCUT2D eigenvalue weighted by molar-refractivity contribution is 7.52. The van der Waals surface area contributed by atoms with E-state index in [1.807, 2.05) is 0 Å². The molecule has 0 aliphatic heterocycles. The van der Waals surface area contributed by atoms with Crippen LogP contribution in [0.5, 0.6) is 5.75 Å². The van der Waals surface area contributed by atoms with Gasteiger partial charge < -0.3 is 19.7 Å². The van der Waals surface area contributed by atoms with Gasteiger partial charge in [-0.05, 0) is 49.8 Å². The molecule has 1 fully saturated rings. The molecule has 0 radical (unpaired) electrons. The monoisotopic (exact) mass is 650 g/mol. The minimum Gasteiger partial charge on any atom is -0.464 e. The Morgan fingerprint density at radius 3 is 2.40 bits per heavy atom. The molecule has 45 heavy (non-hydrogen) atoms. The van der Waals surface area contributed by atoms with Gasteiger partial charge in [-0.15, -0.1) is 0 Å². The first-order valence-electron chi connectivity index (χ1n) is 15.2. The first kappa shape index (κ1) is 35.9. The maximum absolute atomic E-state index is 14.1. The quantitative estimate of drug-likeness (QED) is 0.158. The molecule has 0 spiro atoms. The summed E-state index contributed by atoms with van der Waals surface area (Å²) in [7, 11) is -4.26. The number of hydrogen-bond acceptors (Lipinski definition) is 10. The lowest BCUT2D eigenvalue weighted by Crippen LogP contribution is -2.36. The van der Waals surface area contributed by atoms with Crippen molar-refractivity contribution in [3.63, 3.8) is 0 Å². The number of halogens is 1. The van der Waals surface area contributed by atoms with Gasteiger partial charge in [-0.2, -0.15) is 10.1 Å². The molecule has 2 unspecified atom stereocenters. The zero-order valence-corrected chi connectivity index (χ0v) is 27.4. The Hall–Kier alpha value is -3.54. The Morgan fingerprint density at radius 1 is 1.11 bits per heavy atom. The molecular formula is C31H44FN4O8P. The normalized spacial score (nSPS) is 18.9. The molecule has 1 aliphatic carbocycles. The number of rotatable bonds is 18. The number of ether oxygens (including phenoxy) is 2. The van der Waals surface area contributed by atoms with Crippen molar-refractivity contribution in [3.8, 4) is 5.75 Å². The van der Waals surface area contributed by atoms with Gasteiger partial charge in [0.25, 0.3) is 0 Å². The fraction of sp³-hybridized carbons (Fsp3) is 0.548. The lowest BCUT2D eigenvalue weighted by atomic mass is 9.99. The maximum Gasteiger partial charge on any atom is 0.459 e. The predicted molar refractivity (Wildman–Crippen MR) is 167 cm³/mol. The van der Waals surface area contributed by atoms with Crippen molar-refractivity contribution in [2.24, 2.45) is 17.3 Å². The van der Waals surface area contributed by atoms with Crippen molar-refractivity contribution >= 4 is 31.7 Å². The molecule has 248 valence electrons. The third kappa shape index (κ3) is 10.5. The zero-order chi connectivity index (χ0) is 33.2. The summed E-state index contributed by atoms with van der Waals surface area (Å²) < 4.78 is 51.8. The van der Waals surface area contributed by atoms with Crippen LogP contribution < -0.4 is 21.0 Å². The average molecular weight is 651 g/mol. The molecular weight excluding hydrogens is 606 g/mol. The maximum atomic E-state index is 14.1. The minimum absolute atomic E-state index is 0.172. The molecule has 1 saturated carbocycles. The predicted octanol–water partition coefficient (Wildman–Crippen LogP) is 5.34. The molecule has 1 heterocycles. The van der Waals surface area contributed by atoms with Gasteiger partial charge in [0.15, 0.2) is 11.6 Å². The van der Waals surface area contributed by atoms with E-state index in [-0.39, 0.29) is 37.9 Å². The molecule has 3 rings (SSSR count). The Labute approximate surface area is 263 Å². The van der Waals surface area contributed by atoms with Crippen LogP contribution in [0.15, 0.2) is 46.9 Å². The highest BCUT2D eigenvalue weighted by atomic mass is 31.2. The number of anilines is 1. The molecule has 0 bridgehead atoms. The average Bonchev–Trinajstić information content (AvgIpc) is 3.69. The Balaban J connectivity index is 1.83. The molecule has 2 aromatic rings. The Kier molecular flexibility index (Phi) is 12.9. The number of nitrogens with two attached hydrogens (primary N) is 1. The summed E-state index contributed by atoms with van der Waals surface area (Å²) in [5, 5.41) is 2.68. The smallest absolute Gasteiger partial charge is 0.459 e. The second-order valence-corrected chi connectivity index (χ2v) is 13.3. The van der Waals surface area contributed by atoms with Crippen molar-refractivity contribution in [2.45, 2.75) is 72.8 Å². The van der Waals surface area contributed by atoms with Gasteiger partial charge >= 0.3 is 25.4 Å². The topological polar surface area (TPSA) is 161 Å². The van der Waals surface area contributed by atoms with E-state index in [9.17, 15) is 23.3 Å². The van der Waals surface area contributed by atoms with E-state index in [2.05, 4.69) is 23.9 Å². The number of nitrogen functional groups attached to an aromatic ring is 1. The Bertz CT molecular complexity index is 1440. The van der Waals surface area contributed by atoms with Crippen LogP contribution in [-0.2, 0) is 28.2 Å². The van der Waals surface area contributed by atoms with Crippen LogP contribution >= 0.6 is 7.75 Å². The summed E-state index contributed by atoms with van der Waals surface area (Å²) in [6, 6.07) is 7.23. The summed E-state index contributed by atoms with van der Waals surface area (Å²) in [4.78, 5) is 41.0. The van der Waals surface area contributed by atoms with Crippen molar-refractivity contribution in [1.29, 1.82) is 0 Å². The van der Waals surface area contributed by atoms with Gasteiger partial charge in [-0.3, -0.25) is 18.7 Å². The summed E-state index contributed by atoms with van der Waals surface area (Å²) in [5.74, 6) is -2.47. The number of hydrogen-bond donors (Lipinski definition) is 2. The number of benzene rings is 1. The molecule has 3 atom stereocenters. The first-order valence-corrected chi connectivity index (χ1v) is 16.7. The van der Waals surface area contributed by atoms with Crippen molar-refractivity contribution in [1.82, 2.24) is 14.6 Å². The van der Waals surface area contributed by atoms with Crippen LogP contribution in [0.1, 0.15) is 66.7 Å². The molecule has 0 saturated heterocycles. The fourth-order valence-electron chi connectivity index (χ4n) is 4.59. The number of para-hydroxylation sites is 1. The van der Waals surface area contributed by atoms with Crippen LogP contribution in [0, 0.1) is 23.1 Å². The number of aromatic nitrogens is 2. The van der Waals surface area contributed by atoms with Crippen molar-refractivity contribution in [2.75, 3.05) is 25.6 Å². The molecule has 12 nitrogen and oxygen atoms in total. The highest BCUT2D eigenvalue weighted by Gasteiger charge is 2.52. The Morgan fingerprint density at radius 2 is 1.78 bits per heavy atom.